The highest BCUT2D eigenvalue weighted by Gasteiger charge is 2.47. The Morgan fingerprint density at radius 1 is 0.871 bits per heavy atom. The van der Waals surface area contributed by atoms with Crippen molar-refractivity contribution < 1.29 is 65.5 Å². The number of halogens is 4. The maximum atomic E-state index is 17.9. The standard InChI is InChI=1S/C70H81F4N9O10/c1-9-49-52(71)26-23-43-31-48(92-57-18-10-11-30-90-57)33-50(58(43)49)61-60(74)62-51(34-75-61)64(81-35-44-24-25-45(36-81)83(44)68(88)93-70(6,7)8)79-67(78-62)91-38-46-15-13-27-80(46)28-14-29-89-39-56(85)77-63(69(3,4)5)66(87)82-37-47(84)32-55(82)65(86)76-40(2)41-19-21-42(22-20-41)59-53(72)16-12-17-54(59)73/h1,12,16-17,19-23,26,31,33-34,40,44-47,55,57,63,84H,10-11,13-15,18,24-25,27-30,32,35-39H2,2-8H3,(H,76,86)(H,77,85)/t40-,44?,45?,46-,47+,55-,57?,63+/m0/s1. The summed E-state index contributed by atoms with van der Waals surface area (Å²) in [6, 6.07) is 12.9. The van der Waals surface area contributed by atoms with Gasteiger partial charge in [-0.2, -0.15) is 9.97 Å². The molecule has 3 unspecified atom stereocenters. The molecule has 0 aliphatic carbocycles. The molecule has 494 valence electrons. The first kappa shape index (κ1) is 66.3. The summed E-state index contributed by atoms with van der Waals surface area (Å²) >= 11 is 0. The molecule has 0 radical (unpaired) electrons. The lowest BCUT2D eigenvalue weighted by molar-refractivity contribution is -0.144. The Balaban J connectivity index is 0.747. The quantitative estimate of drug-likeness (QED) is 0.0391. The number of nitrogens with zero attached hydrogens (tertiary/aromatic N) is 7. The summed E-state index contributed by atoms with van der Waals surface area (Å²) in [5.41, 5.74) is -0.800. The molecule has 2 bridgehead atoms. The minimum atomic E-state index is -1.09. The highest BCUT2D eigenvalue weighted by atomic mass is 19.1. The van der Waals surface area contributed by atoms with Gasteiger partial charge in [0.05, 0.1) is 47.3 Å². The fourth-order valence-corrected chi connectivity index (χ4v) is 13.5. The number of aliphatic hydroxyl groups excluding tert-OH is 1. The zero-order valence-electron chi connectivity index (χ0n) is 53.6. The van der Waals surface area contributed by atoms with E-state index in [4.69, 9.17) is 45.1 Å². The highest BCUT2D eigenvalue weighted by molar-refractivity contribution is 6.03. The van der Waals surface area contributed by atoms with Gasteiger partial charge < -0.3 is 49.2 Å². The Bertz CT molecular complexity index is 3780. The topological polar surface area (TPSA) is 210 Å². The van der Waals surface area contributed by atoms with Crippen LogP contribution in [0.2, 0.25) is 0 Å². The van der Waals surface area contributed by atoms with Gasteiger partial charge in [-0.15, -0.1) is 6.42 Å². The number of likely N-dealkylation sites (tertiary alicyclic amines) is 2. The lowest BCUT2D eigenvalue weighted by atomic mass is 9.85. The Morgan fingerprint density at radius 2 is 1.61 bits per heavy atom. The molecule has 5 aliphatic heterocycles. The second-order valence-corrected chi connectivity index (χ2v) is 27.0. The van der Waals surface area contributed by atoms with E-state index in [2.05, 4.69) is 21.5 Å². The molecule has 0 saturated carbocycles. The molecule has 6 aromatic rings. The second kappa shape index (κ2) is 27.8. The van der Waals surface area contributed by atoms with Crippen molar-refractivity contribution in [2.24, 2.45) is 5.41 Å². The minimum Gasteiger partial charge on any atom is -0.465 e. The molecule has 5 aliphatic rings. The molecular weight excluding hydrogens is 1200 g/mol. The molecule has 11 rings (SSSR count). The zero-order chi connectivity index (χ0) is 66.0. The van der Waals surface area contributed by atoms with E-state index in [9.17, 15) is 33.1 Å². The fraction of sp³-hybridized carbons (Fsp3) is 0.500. The van der Waals surface area contributed by atoms with Crippen LogP contribution >= 0.6 is 0 Å². The van der Waals surface area contributed by atoms with Crippen LogP contribution in [0.1, 0.15) is 123 Å². The molecule has 4 aromatic carbocycles. The van der Waals surface area contributed by atoms with Crippen molar-refractivity contribution in [2.75, 3.05) is 64.1 Å². The Morgan fingerprint density at radius 3 is 2.30 bits per heavy atom. The highest BCUT2D eigenvalue weighted by Crippen LogP contribution is 2.42. The Hall–Kier alpha value is -8.17. The van der Waals surface area contributed by atoms with Gasteiger partial charge in [0.25, 0.3) is 0 Å². The van der Waals surface area contributed by atoms with Gasteiger partial charge in [0, 0.05) is 68.8 Å². The fourth-order valence-electron chi connectivity index (χ4n) is 13.5. The van der Waals surface area contributed by atoms with Crippen molar-refractivity contribution in [1.82, 2.24) is 40.3 Å². The van der Waals surface area contributed by atoms with Gasteiger partial charge in [0.1, 0.15) is 71.1 Å². The summed E-state index contributed by atoms with van der Waals surface area (Å²) < 4.78 is 92.8. The molecule has 8 atom stereocenters. The van der Waals surface area contributed by atoms with Crippen molar-refractivity contribution in [3.8, 4) is 46.5 Å². The number of amides is 4. The second-order valence-electron chi connectivity index (χ2n) is 27.0. The zero-order valence-corrected chi connectivity index (χ0v) is 53.6. The molecule has 5 fully saturated rings. The van der Waals surface area contributed by atoms with Gasteiger partial charge in [0.15, 0.2) is 12.1 Å². The van der Waals surface area contributed by atoms with Crippen molar-refractivity contribution in [3.05, 3.63) is 107 Å². The number of hydrogen-bond donors (Lipinski definition) is 3. The van der Waals surface area contributed by atoms with E-state index in [1.807, 2.05) is 25.7 Å². The lowest BCUT2D eigenvalue weighted by Gasteiger charge is -2.42. The van der Waals surface area contributed by atoms with Crippen LogP contribution in [0.5, 0.6) is 11.8 Å². The van der Waals surface area contributed by atoms with E-state index in [0.29, 0.717) is 72.5 Å². The number of pyridine rings is 1. The maximum Gasteiger partial charge on any atom is 0.410 e. The van der Waals surface area contributed by atoms with Gasteiger partial charge in [-0.3, -0.25) is 29.2 Å². The summed E-state index contributed by atoms with van der Waals surface area (Å²) in [6.45, 7) is 15.1. The minimum absolute atomic E-state index is 0.0228. The summed E-state index contributed by atoms with van der Waals surface area (Å²) in [5.74, 6) is -1.26. The number of carbonyl (C=O) groups excluding carboxylic acids is 4. The van der Waals surface area contributed by atoms with Crippen molar-refractivity contribution >= 4 is 51.3 Å². The monoisotopic (exact) mass is 1280 g/mol. The van der Waals surface area contributed by atoms with Crippen LogP contribution in [0.25, 0.3) is 44.1 Å². The number of ether oxygens (including phenoxy) is 5. The van der Waals surface area contributed by atoms with Gasteiger partial charge in [0.2, 0.25) is 17.7 Å². The number of nitrogens with one attached hydrogen (secondary N) is 2. The van der Waals surface area contributed by atoms with E-state index in [-0.39, 0.29) is 90.2 Å². The molecular formula is C70H81F4N9O10. The molecule has 93 heavy (non-hydrogen) atoms. The summed E-state index contributed by atoms with van der Waals surface area (Å²) in [6.07, 6.45) is 11.6. The number of benzene rings is 4. The van der Waals surface area contributed by atoms with Crippen LogP contribution in [0.15, 0.2) is 72.9 Å². The molecule has 5 saturated heterocycles. The van der Waals surface area contributed by atoms with Crippen LogP contribution < -0.4 is 25.0 Å². The number of aromatic nitrogens is 3. The van der Waals surface area contributed by atoms with Crippen LogP contribution in [0.3, 0.4) is 0 Å². The molecule has 3 N–H and O–H groups in total. The predicted molar refractivity (Wildman–Crippen MR) is 341 cm³/mol. The number of β-amino-alcohol motifs (C(OH)–C–C–N with tert-alkyl or cyclic N) is 1. The third-order valence-corrected chi connectivity index (χ3v) is 18.0. The first-order chi connectivity index (χ1) is 44.4. The van der Waals surface area contributed by atoms with Crippen molar-refractivity contribution in [1.29, 1.82) is 0 Å². The van der Waals surface area contributed by atoms with E-state index in [1.165, 1.54) is 35.4 Å². The summed E-state index contributed by atoms with van der Waals surface area (Å²) in [4.78, 5) is 77.1. The molecule has 0 spiro atoms. The molecule has 19 nitrogen and oxygen atoms in total. The number of carbonyl (C=O) groups is 4. The number of anilines is 1. The summed E-state index contributed by atoms with van der Waals surface area (Å²) in [7, 11) is 0. The number of terminal acetylenes is 1. The third kappa shape index (κ3) is 14.8. The molecule has 7 heterocycles. The maximum absolute atomic E-state index is 17.9. The van der Waals surface area contributed by atoms with Crippen LogP contribution in [-0.2, 0) is 28.6 Å². The van der Waals surface area contributed by atoms with Crippen LogP contribution in [0.4, 0.5) is 28.2 Å². The molecule has 2 aromatic heterocycles. The first-order valence-corrected chi connectivity index (χ1v) is 32.1. The first-order valence-electron chi connectivity index (χ1n) is 32.1. The summed E-state index contributed by atoms with van der Waals surface area (Å²) in [5, 5.41) is 17.6. The van der Waals surface area contributed by atoms with E-state index in [1.54, 1.807) is 75.1 Å². The van der Waals surface area contributed by atoms with Crippen LogP contribution in [-0.4, -0.2) is 166 Å². The van der Waals surface area contributed by atoms with Crippen LogP contribution in [0, 0.1) is 41.0 Å². The number of aliphatic hydroxyl groups is 1. The van der Waals surface area contributed by atoms with Crippen molar-refractivity contribution in [3.63, 3.8) is 0 Å². The largest absolute Gasteiger partial charge is 0.465 e. The van der Waals surface area contributed by atoms with E-state index in [0.717, 1.165) is 45.1 Å². The SMILES string of the molecule is C#Cc1c(F)ccc2cc(OC3CCCCO3)cc(-c3ncc4c(N5CC6CCC(C5)N6C(=O)OC(C)(C)C)nc(OC[C@@H]5CCCN5CCCOCC(=O)N[C@H](C(=O)N5C[C@H](O)C[C@H]5C(=O)N[C@@H](C)c5ccc(-c6c(F)cccc6F)cc5)C(C)(C)C)nc4c3F)c12. The normalized spacial score (nSPS) is 21.6. The van der Waals surface area contributed by atoms with Crippen molar-refractivity contribution in [2.45, 2.75) is 160 Å². The van der Waals surface area contributed by atoms with Gasteiger partial charge >= 0.3 is 12.1 Å². The third-order valence-electron chi connectivity index (χ3n) is 18.0. The Labute approximate surface area is 538 Å². The Kier molecular flexibility index (Phi) is 19.8. The average molecular weight is 1280 g/mol. The lowest BCUT2D eigenvalue weighted by Crippen LogP contribution is -2.58. The average Bonchev–Trinajstić information content (AvgIpc) is 1.16. The number of rotatable bonds is 19. The van der Waals surface area contributed by atoms with E-state index >= 15 is 8.78 Å². The molecule has 4 amide bonds. The molecule has 23 heteroatoms. The number of fused-ring (bicyclic) bond motifs is 4. The predicted octanol–water partition coefficient (Wildman–Crippen LogP) is 10.2. The number of hydrogen-bond acceptors (Lipinski definition) is 15. The van der Waals surface area contributed by atoms with Gasteiger partial charge in [-0.25, -0.2) is 22.4 Å². The van der Waals surface area contributed by atoms with Gasteiger partial charge in [-0.05, 0) is 131 Å². The smallest absolute Gasteiger partial charge is 0.410 e. The van der Waals surface area contributed by atoms with Gasteiger partial charge in [-0.1, -0.05) is 63.1 Å². The van der Waals surface area contributed by atoms with E-state index < -0.39 is 88.6 Å². The number of piperazine rings is 1.